The molecule has 182 valence electrons. The van der Waals surface area contributed by atoms with Crippen LogP contribution in [0.3, 0.4) is 0 Å². The standard InChI is InChI=1S/C25H38N6O.HI/c1-4-27-25(30-15-11-20(2)24(18-30)31-16-12-26-19-31)28-17-23(29-13-5-6-14-29)21-7-9-22(32-3)10-8-21;/h7-10,12,16,19-20,23-24H,4-6,11,13-15,17-18H2,1-3H3,(H,27,28);1H. The van der Waals surface area contributed by atoms with Crippen molar-refractivity contribution in [3.63, 3.8) is 0 Å². The van der Waals surface area contributed by atoms with E-state index in [1.807, 2.05) is 12.5 Å². The second kappa shape index (κ2) is 12.6. The van der Waals surface area contributed by atoms with Crippen molar-refractivity contribution in [1.82, 2.24) is 24.7 Å². The van der Waals surface area contributed by atoms with Crippen LogP contribution in [0.1, 0.15) is 50.8 Å². The van der Waals surface area contributed by atoms with Crippen LogP contribution in [0, 0.1) is 5.92 Å². The molecule has 2 aliphatic rings. The monoisotopic (exact) mass is 566 g/mol. The van der Waals surface area contributed by atoms with Crippen molar-refractivity contribution in [2.24, 2.45) is 10.9 Å². The Kier molecular flexibility index (Phi) is 9.85. The number of nitrogens with zero attached hydrogens (tertiary/aromatic N) is 5. The van der Waals surface area contributed by atoms with Gasteiger partial charge in [-0.05, 0) is 62.9 Å². The molecule has 7 nitrogen and oxygen atoms in total. The van der Waals surface area contributed by atoms with Crippen molar-refractivity contribution in [2.75, 3.05) is 46.4 Å². The molecule has 0 bridgehead atoms. The lowest BCUT2D eigenvalue weighted by atomic mass is 9.93. The molecular weight excluding hydrogens is 527 g/mol. The fourth-order valence-electron chi connectivity index (χ4n) is 5.00. The van der Waals surface area contributed by atoms with Gasteiger partial charge in [0.25, 0.3) is 0 Å². The summed E-state index contributed by atoms with van der Waals surface area (Å²) < 4.78 is 7.62. The quantitative estimate of drug-likeness (QED) is 0.310. The zero-order chi connectivity index (χ0) is 22.3. The molecular formula is C25H39IN6O. The van der Waals surface area contributed by atoms with E-state index >= 15 is 0 Å². The van der Waals surface area contributed by atoms with E-state index in [1.165, 1.54) is 18.4 Å². The van der Waals surface area contributed by atoms with Gasteiger partial charge in [-0.25, -0.2) is 4.98 Å². The Balaban J connectivity index is 0.00000306. The van der Waals surface area contributed by atoms with Crippen molar-refractivity contribution in [1.29, 1.82) is 0 Å². The molecule has 3 atom stereocenters. The van der Waals surface area contributed by atoms with Gasteiger partial charge >= 0.3 is 0 Å². The molecule has 1 N–H and O–H groups in total. The SMILES string of the molecule is CCNC(=NCC(c1ccc(OC)cc1)N1CCCC1)N1CCC(C)C(n2ccnc2)C1.I. The summed E-state index contributed by atoms with van der Waals surface area (Å²) in [5.74, 6) is 2.56. The van der Waals surface area contributed by atoms with E-state index in [0.29, 0.717) is 18.0 Å². The zero-order valence-electron chi connectivity index (χ0n) is 20.2. The Morgan fingerprint density at radius 1 is 1.21 bits per heavy atom. The lowest BCUT2D eigenvalue weighted by Crippen LogP contribution is -2.49. The molecule has 2 saturated heterocycles. The molecule has 0 spiro atoms. The van der Waals surface area contributed by atoms with Crippen LogP contribution in [0.5, 0.6) is 5.75 Å². The first kappa shape index (κ1) is 25.8. The van der Waals surface area contributed by atoms with Gasteiger partial charge in [-0.1, -0.05) is 19.1 Å². The highest BCUT2D eigenvalue weighted by Gasteiger charge is 2.29. The van der Waals surface area contributed by atoms with E-state index in [0.717, 1.165) is 57.4 Å². The lowest BCUT2D eigenvalue weighted by molar-refractivity contribution is 0.188. The first-order chi connectivity index (χ1) is 15.7. The topological polar surface area (TPSA) is 57.9 Å². The Bertz CT molecular complexity index is 850. The number of rotatable bonds is 7. The number of imidazole rings is 1. The fraction of sp³-hybridized carbons (Fsp3) is 0.600. The van der Waals surface area contributed by atoms with Crippen LogP contribution in [-0.2, 0) is 0 Å². The lowest BCUT2D eigenvalue weighted by Gasteiger charge is -2.39. The molecule has 2 fully saturated rings. The normalized spacial score (nSPS) is 22.6. The average Bonchev–Trinajstić information content (AvgIpc) is 3.54. The summed E-state index contributed by atoms with van der Waals surface area (Å²) >= 11 is 0. The van der Waals surface area contributed by atoms with E-state index in [-0.39, 0.29) is 24.0 Å². The van der Waals surface area contributed by atoms with Gasteiger partial charge in [0.15, 0.2) is 5.96 Å². The van der Waals surface area contributed by atoms with Crippen molar-refractivity contribution in [2.45, 2.75) is 45.2 Å². The van der Waals surface area contributed by atoms with Crippen LogP contribution >= 0.6 is 24.0 Å². The zero-order valence-corrected chi connectivity index (χ0v) is 22.5. The number of nitrogens with one attached hydrogen (secondary N) is 1. The highest BCUT2D eigenvalue weighted by atomic mass is 127. The first-order valence-electron chi connectivity index (χ1n) is 12.1. The molecule has 0 saturated carbocycles. The number of aliphatic imine (C=N–C) groups is 1. The van der Waals surface area contributed by atoms with Crippen molar-refractivity contribution < 1.29 is 4.74 Å². The summed E-state index contributed by atoms with van der Waals surface area (Å²) in [4.78, 5) is 14.5. The number of ether oxygens (including phenoxy) is 1. The van der Waals surface area contributed by atoms with Crippen LogP contribution in [0.15, 0.2) is 48.0 Å². The van der Waals surface area contributed by atoms with Crippen molar-refractivity contribution in [3.05, 3.63) is 48.5 Å². The minimum atomic E-state index is 0. The number of piperidine rings is 1. The maximum Gasteiger partial charge on any atom is 0.194 e. The Labute approximate surface area is 215 Å². The molecule has 1 aromatic heterocycles. The van der Waals surface area contributed by atoms with Crippen LogP contribution in [0.4, 0.5) is 0 Å². The third kappa shape index (κ3) is 6.41. The number of hydrogen-bond donors (Lipinski definition) is 1. The number of hydrogen-bond acceptors (Lipinski definition) is 4. The minimum absolute atomic E-state index is 0. The minimum Gasteiger partial charge on any atom is -0.497 e. The first-order valence-corrected chi connectivity index (χ1v) is 12.1. The molecule has 2 aliphatic heterocycles. The molecule has 2 aromatic rings. The predicted octanol–water partition coefficient (Wildman–Crippen LogP) is 4.20. The molecule has 4 rings (SSSR count). The van der Waals surface area contributed by atoms with Crippen molar-refractivity contribution >= 4 is 29.9 Å². The van der Waals surface area contributed by atoms with Crippen LogP contribution in [0.25, 0.3) is 0 Å². The highest BCUT2D eigenvalue weighted by Crippen LogP contribution is 2.29. The number of likely N-dealkylation sites (tertiary alicyclic amines) is 2. The van der Waals surface area contributed by atoms with E-state index in [4.69, 9.17) is 9.73 Å². The van der Waals surface area contributed by atoms with Crippen molar-refractivity contribution in [3.8, 4) is 5.75 Å². The number of halogens is 1. The van der Waals surface area contributed by atoms with Gasteiger partial charge in [0.05, 0.1) is 32.1 Å². The third-order valence-electron chi connectivity index (χ3n) is 6.96. The van der Waals surface area contributed by atoms with Gasteiger partial charge < -0.3 is 19.5 Å². The summed E-state index contributed by atoms with van der Waals surface area (Å²) in [7, 11) is 1.72. The molecule has 0 amide bonds. The molecule has 1 aromatic carbocycles. The second-order valence-corrected chi connectivity index (χ2v) is 9.02. The van der Waals surface area contributed by atoms with Gasteiger partial charge in [0, 0.05) is 32.0 Å². The second-order valence-electron chi connectivity index (χ2n) is 9.02. The van der Waals surface area contributed by atoms with E-state index in [1.54, 1.807) is 7.11 Å². The Morgan fingerprint density at radius 3 is 2.61 bits per heavy atom. The number of benzene rings is 1. The van der Waals surface area contributed by atoms with Gasteiger partial charge in [-0.3, -0.25) is 9.89 Å². The summed E-state index contributed by atoms with van der Waals surface area (Å²) in [5, 5.41) is 3.56. The van der Waals surface area contributed by atoms with Gasteiger partial charge in [-0.2, -0.15) is 0 Å². The maximum absolute atomic E-state index is 5.37. The van der Waals surface area contributed by atoms with Crippen LogP contribution in [-0.4, -0.2) is 71.7 Å². The fourth-order valence-corrected chi connectivity index (χ4v) is 5.00. The third-order valence-corrected chi connectivity index (χ3v) is 6.96. The molecule has 0 radical (unpaired) electrons. The summed E-state index contributed by atoms with van der Waals surface area (Å²) in [5.41, 5.74) is 1.32. The predicted molar refractivity (Wildman–Crippen MR) is 145 cm³/mol. The number of guanidine groups is 1. The Hall–Kier alpha value is -1.81. The average molecular weight is 567 g/mol. The molecule has 33 heavy (non-hydrogen) atoms. The van der Waals surface area contributed by atoms with E-state index in [2.05, 4.69) is 69.0 Å². The van der Waals surface area contributed by atoms with E-state index < -0.39 is 0 Å². The smallest absolute Gasteiger partial charge is 0.194 e. The van der Waals surface area contributed by atoms with Crippen LogP contribution < -0.4 is 10.1 Å². The van der Waals surface area contributed by atoms with Gasteiger partial charge in [0.1, 0.15) is 5.75 Å². The van der Waals surface area contributed by atoms with E-state index in [9.17, 15) is 0 Å². The van der Waals surface area contributed by atoms with Gasteiger partial charge in [0.2, 0.25) is 0 Å². The summed E-state index contributed by atoms with van der Waals surface area (Å²) in [6.45, 7) is 10.4. The Morgan fingerprint density at radius 2 is 1.97 bits per heavy atom. The number of methoxy groups -OCH3 is 1. The molecule has 0 aliphatic carbocycles. The largest absolute Gasteiger partial charge is 0.497 e. The number of aromatic nitrogens is 2. The van der Waals surface area contributed by atoms with Gasteiger partial charge in [-0.15, -0.1) is 24.0 Å². The molecule has 8 heteroatoms. The summed E-state index contributed by atoms with van der Waals surface area (Å²) in [6.07, 6.45) is 9.60. The van der Waals surface area contributed by atoms with Crippen LogP contribution in [0.2, 0.25) is 0 Å². The maximum atomic E-state index is 5.37. The molecule has 3 unspecified atom stereocenters. The summed E-state index contributed by atoms with van der Waals surface area (Å²) in [6, 6.07) is 9.24. The molecule has 3 heterocycles. The highest BCUT2D eigenvalue weighted by molar-refractivity contribution is 14.0.